The van der Waals surface area contributed by atoms with Crippen LogP contribution >= 0.6 is 0 Å². The molecule has 0 bridgehead atoms. The number of urea groups is 1. The Bertz CT molecular complexity index is 476. The Morgan fingerprint density at radius 2 is 1.77 bits per heavy atom. The van der Waals surface area contributed by atoms with Crippen molar-refractivity contribution < 1.29 is 22.4 Å². The molecule has 1 rings (SSSR count). The second kappa shape index (κ2) is 7.98. The van der Waals surface area contributed by atoms with E-state index in [1.807, 2.05) is 0 Å². The van der Waals surface area contributed by atoms with Gasteiger partial charge in [0.15, 0.2) is 0 Å². The average Bonchev–Trinajstić information content (AvgIpc) is 2.39. The van der Waals surface area contributed by atoms with E-state index in [-0.39, 0.29) is 25.5 Å². The molecule has 1 aromatic carbocycles. The molecule has 4 nitrogen and oxygen atoms in total. The molecule has 0 fully saturated rings. The Kier molecular flexibility index (Phi) is 6.61. The average molecular weight is 321 g/mol. The van der Waals surface area contributed by atoms with Crippen molar-refractivity contribution in [2.75, 3.05) is 33.7 Å². The molecule has 1 aromatic rings. The summed E-state index contributed by atoms with van der Waals surface area (Å²) in [6, 6.07) is 5.33. The Morgan fingerprint density at radius 3 is 2.32 bits per heavy atom. The maximum Gasteiger partial charge on any atom is 0.401 e. The molecule has 0 aliphatic heterocycles. The third-order valence-corrected chi connectivity index (χ3v) is 2.90. The number of hydrogen-bond donors (Lipinski definition) is 1. The minimum absolute atomic E-state index is 0.0929. The lowest BCUT2D eigenvalue weighted by Crippen LogP contribution is -2.42. The Morgan fingerprint density at radius 1 is 1.18 bits per heavy atom. The number of rotatable bonds is 6. The first-order chi connectivity index (χ1) is 10.2. The molecule has 0 unspecified atom stereocenters. The molecule has 0 radical (unpaired) electrons. The molecular formula is C14H19F4N3O. The normalized spacial score (nSPS) is 11.6. The zero-order valence-electron chi connectivity index (χ0n) is 12.5. The highest BCUT2D eigenvalue weighted by molar-refractivity contribution is 5.73. The zero-order valence-corrected chi connectivity index (χ0v) is 12.5. The molecule has 0 aliphatic carbocycles. The van der Waals surface area contributed by atoms with Crippen LogP contribution in [0.1, 0.15) is 5.56 Å². The predicted molar refractivity (Wildman–Crippen MR) is 74.8 cm³/mol. The molecule has 0 heterocycles. The lowest BCUT2D eigenvalue weighted by Gasteiger charge is -2.21. The van der Waals surface area contributed by atoms with Crippen LogP contribution in [0.2, 0.25) is 0 Å². The summed E-state index contributed by atoms with van der Waals surface area (Å²) in [5.41, 5.74) is 0.758. The number of carbonyl (C=O) groups excluding carboxylic acids is 1. The van der Waals surface area contributed by atoms with Crippen LogP contribution in [-0.2, 0) is 6.54 Å². The SMILES string of the molecule is CN(CCNC(=O)N(C)Cc1ccc(F)cc1)CC(F)(F)F. The monoisotopic (exact) mass is 321 g/mol. The first-order valence-corrected chi connectivity index (χ1v) is 6.66. The van der Waals surface area contributed by atoms with Gasteiger partial charge < -0.3 is 10.2 Å². The van der Waals surface area contributed by atoms with Gasteiger partial charge in [-0.2, -0.15) is 13.2 Å². The summed E-state index contributed by atoms with van der Waals surface area (Å²) in [6.07, 6.45) is -4.25. The number of carbonyl (C=O) groups is 1. The molecule has 22 heavy (non-hydrogen) atoms. The van der Waals surface area contributed by atoms with Gasteiger partial charge in [0.1, 0.15) is 5.82 Å². The van der Waals surface area contributed by atoms with Crippen molar-refractivity contribution in [3.8, 4) is 0 Å². The van der Waals surface area contributed by atoms with E-state index in [2.05, 4.69) is 5.32 Å². The molecule has 0 spiro atoms. The molecule has 8 heteroatoms. The summed E-state index contributed by atoms with van der Waals surface area (Å²) in [6.45, 7) is -0.534. The molecule has 0 aliphatic rings. The molecule has 2 amide bonds. The van der Waals surface area contributed by atoms with Gasteiger partial charge in [0.25, 0.3) is 0 Å². The largest absolute Gasteiger partial charge is 0.401 e. The van der Waals surface area contributed by atoms with Gasteiger partial charge in [-0.3, -0.25) is 4.90 Å². The van der Waals surface area contributed by atoms with E-state index in [0.717, 1.165) is 10.5 Å². The van der Waals surface area contributed by atoms with Gasteiger partial charge in [0.2, 0.25) is 0 Å². The van der Waals surface area contributed by atoms with Gasteiger partial charge in [-0.15, -0.1) is 0 Å². The van der Waals surface area contributed by atoms with Crippen LogP contribution in [0.5, 0.6) is 0 Å². The second-order valence-electron chi connectivity index (χ2n) is 5.07. The van der Waals surface area contributed by atoms with E-state index >= 15 is 0 Å². The number of nitrogens with one attached hydrogen (secondary N) is 1. The smallest absolute Gasteiger partial charge is 0.337 e. The van der Waals surface area contributed by atoms with Crippen LogP contribution < -0.4 is 5.32 Å². The fourth-order valence-corrected chi connectivity index (χ4v) is 1.81. The number of halogens is 4. The molecule has 0 saturated heterocycles. The number of likely N-dealkylation sites (N-methyl/N-ethyl adjacent to an activating group) is 1. The van der Waals surface area contributed by atoms with Crippen LogP contribution in [0.4, 0.5) is 22.4 Å². The van der Waals surface area contributed by atoms with Crippen molar-refractivity contribution in [2.24, 2.45) is 0 Å². The summed E-state index contributed by atoms with van der Waals surface area (Å²) in [4.78, 5) is 14.2. The van der Waals surface area contributed by atoms with Crippen LogP contribution in [0.15, 0.2) is 24.3 Å². The highest BCUT2D eigenvalue weighted by Gasteiger charge is 2.28. The summed E-state index contributed by atoms with van der Waals surface area (Å²) in [7, 11) is 2.89. The van der Waals surface area contributed by atoms with Gasteiger partial charge in [-0.05, 0) is 24.7 Å². The van der Waals surface area contributed by atoms with E-state index in [0.29, 0.717) is 0 Å². The molecule has 0 saturated carbocycles. The van der Waals surface area contributed by atoms with Crippen molar-refractivity contribution >= 4 is 6.03 Å². The minimum atomic E-state index is -4.25. The Hall–Kier alpha value is -1.83. The van der Waals surface area contributed by atoms with Crippen LogP contribution in [-0.4, -0.2) is 55.7 Å². The van der Waals surface area contributed by atoms with Crippen LogP contribution in [0.25, 0.3) is 0 Å². The Labute approximate surface area is 126 Å². The van der Waals surface area contributed by atoms with E-state index < -0.39 is 18.8 Å². The molecular weight excluding hydrogens is 302 g/mol. The van der Waals surface area contributed by atoms with Crippen LogP contribution in [0, 0.1) is 5.82 Å². The van der Waals surface area contributed by atoms with Gasteiger partial charge in [-0.1, -0.05) is 12.1 Å². The zero-order chi connectivity index (χ0) is 16.8. The van der Waals surface area contributed by atoms with Crippen molar-refractivity contribution in [3.05, 3.63) is 35.6 Å². The van der Waals surface area contributed by atoms with Crippen molar-refractivity contribution in [3.63, 3.8) is 0 Å². The first-order valence-electron chi connectivity index (χ1n) is 6.66. The summed E-state index contributed by atoms with van der Waals surface area (Å²) < 4.78 is 49.1. The van der Waals surface area contributed by atoms with E-state index in [4.69, 9.17) is 0 Å². The summed E-state index contributed by atoms with van der Waals surface area (Å²) in [5, 5.41) is 2.53. The highest BCUT2D eigenvalue weighted by Crippen LogP contribution is 2.15. The van der Waals surface area contributed by atoms with Crippen molar-refractivity contribution in [2.45, 2.75) is 12.7 Å². The number of hydrogen-bond acceptors (Lipinski definition) is 2. The molecule has 0 aromatic heterocycles. The molecule has 124 valence electrons. The Balaban J connectivity index is 2.31. The van der Waals surface area contributed by atoms with Crippen LogP contribution in [0.3, 0.4) is 0 Å². The number of alkyl halides is 3. The lowest BCUT2D eigenvalue weighted by atomic mass is 10.2. The first kappa shape index (κ1) is 18.2. The van der Waals surface area contributed by atoms with E-state index in [9.17, 15) is 22.4 Å². The molecule has 1 N–H and O–H groups in total. The predicted octanol–water partition coefficient (Wildman–Crippen LogP) is 2.46. The summed E-state index contributed by atoms with van der Waals surface area (Å²) >= 11 is 0. The van der Waals surface area contributed by atoms with E-state index in [1.165, 1.54) is 24.1 Å². The number of nitrogens with zero attached hydrogens (tertiary/aromatic N) is 2. The van der Waals surface area contributed by atoms with Gasteiger partial charge in [-0.25, -0.2) is 9.18 Å². The lowest BCUT2D eigenvalue weighted by molar-refractivity contribution is -0.142. The van der Waals surface area contributed by atoms with Gasteiger partial charge in [0.05, 0.1) is 6.54 Å². The topological polar surface area (TPSA) is 35.6 Å². The van der Waals surface area contributed by atoms with Gasteiger partial charge >= 0.3 is 12.2 Å². The maximum absolute atomic E-state index is 12.8. The molecule has 0 atom stereocenters. The maximum atomic E-state index is 12.8. The number of amides is 2. The van der Waals surface area contributed by atoms with Crippen molar-refractivity contribution in [1.29, 1.82) is 0 Å². The fourth-order valence-electron chi connectivity index (χ4n) is 1.81. The fraction of sp³-hybridized carbons (Fsp3) is 0.500. The standard InChI is InChI=1S/C14H19F4N3O/c1-20(10-14(16,17)18)8-7-19-13(22)21(2)9-11-3-5-12(15)6-4-11/h3-6H,7-10H2,1-2H3,(H,19,22). The third-order valence-electron chi connectivity index (χ3n) is 2.90. The van der Waals surface area contributed by atoms with Gasteiger partial charge in [0, 0.05) is 26.7 Å². The van der Waals surface area contributed by atoms with Crippen molar-refractivity contribution in [1.82, 2.24) is 15.1 Å². The minimum Gasteiger partial charge on any atom is -0.337 e. The quantitative estimate of drug-likeness (QED) is 0.817. The third kappa shape index (κ3) is 7.26. The summed E-state index contributed by atoms with van der Waals surface area (Å²) in [5.74, 6) is -0.358. The second-order valence-corrected chi connectivity index (χ2v) is 5.07. The van der Waals surface area contributed by atoms with E-state index in [1.54, 1.807) is 19.2 Å². The highest BCUT2D eigenvalue weighted by atomic mass is 19.4. The number of benzene rings is 1.